The summed E-state index contributed by atoms with van der Waals surface area (Å²) in [5.41, 5.74) is 0. The van der Waals surface area contributed by atoms with E-state index < -0.39 is 12.2 Å². The third kappa shape index (κ3) is 2.71. The lowest BCUT2D eigenvalue weighted by atomic mass is 10.2. The zero-order chi connectivity index (χ0) is 6.57. The van der Waals surface area contributed by atoms with E-state index in [-0.39, 0.29) is 6.42 Å². The maximum absolute atomic E-state index is 9.62. The molecule has 0 spiro atoms. The first-order valence-electron chi connectivity index (χ1n) is 2.31. The van der Waals surface area contributed by atoms with Gasteiger partial charge < -0.3 is 15.0 Å². The molecule has 1 radical (unpaired) electrons. The Morgan fingerprint density at radius 1 is 1.62 bits per heavy atom. The lowest BCUT2D eigenvalue weighted by Crippen LogP contribution is -2.22. The molecule has 0 amide bonds. The van der Waals surface area contributed by atoms with Crippen molar-refractivity contribution in [3.8, 4) is 0 Å². The van der Waals surface area contributed by atoms with E-state index in [0.29, 0.717) is 6.29 Å². The van der Waals surface area contributed by atoms with E-state index in [9.17, 15) is 4.79 Å². The van der Waals surface area contributed by atoms with Crippen LogP contribution in [0.3, 0.4) is 0 Å². The van der Waals surface area contributed by atoms with Gasteiger partial charge in [-0.2, -0.15) is 0 Å². The van der Waals surface area contributed by atoms with Crippen LogP contribution < -0.4 is 0 Å². The molecule has 2 unspecified atom stereocenters. The molecule has 3 heteroatoms. The van der Waals surface area contributed by atoms with Crippen LogP contribution in [0.2, 0.25) is 0 Å². The number of hydrogen-bond acceptors (Lipinski definition) is 3. The molecular weight excluding hydrogens is 108 g/mol. The van der Waals surface area contributed by atoms with Crippen LogP contribution in [0, 0.1) is 6.92 Å². The van der Waals surface area contributed by atoms with Crippen LogP contribution in [0.4, 0.5) is 0 Å². The molecule has 8 heavy (non-hydrogen) atoms. The molecular formula is C5H9O3. The first-order chi connectivity index (χ1) is 3.68. The van der Waals surface area contributed by atoms with Crippen molar-refractivity contribution in [1.82, 2.24) is 0 Å². The molecule has 0 aliphatic heterocycles. The second-order valence-corrected chi connectivity index (χ2v) is 1.54. The van der Waals surface area contributed by atoms with Gasteiger partial charge in [-0.25, -0.2) is 0 Å². The van der Waals surface area contributed by atoms with Crippen molar-refractivity contribution in [1.29, 1.82) is 0 Å². The van der Waals surface area contributed by atoms with Gasteiger partial charge in [-0.05, 0) is 6.92 Å². The Labute approximate surface area is 47.9 Å². The number of carbonyl (C=O) groups excluding carboxylic acids is 1. The number of aliphatic hydroxyl groups excluding tert-OH is 2. The minimum absolute atomic E-state index is 0.0509. The largest absolute Gasteiger partial charge is 0.390 e. The molecule has 0 aliphatic rings. The summed E-state index contributed by atoms with van der Waals surface area (Å²) in [5, 5.41) is 17.0. The monoisotopic (exact) mass is 117 g/mol. The number of hydrogen-bond donors (Lipinski definition) is 2. The lowest BCUT2D eigenvalue weighted by Gasteiger charge is -2.07. The van der Waals surface area contributed by atoms with Gasteiger partial charge in [0.2, 0.25) is 0 Å². The van der Waals surface area contributed by atoms with Gasteiger partial charge in [0.1, 0.15) is 6.29 Å². The zero-order valence-electron chi connectivity index (χ0n) is 4.45. The summed E-state index contributed by atoms with van der Waals surface area (Å²) in [6, 6.07) is 0. The Balaban J connectivity index is 3.30. The molecule has 2 N–H and O–H groups in total. The van der Waals surface area contributed by atoms with Gasteiger partial charge >= 0.3 is 0 Å². The molecule has 0 fully saturated rings. The SMILES string of the molecule is [CH2]C(O)C(O)CC=O. The van der Waals surface area contributed by atoms with Crippen molar-refractivity contribution in [2.24, 2.45) is 0 Å². The maximum atomic E-state index is 9.62. The van der Waals surface area contributed by atoms with Gasteiger partial charge in [0, 0.05) is 6.42 Å². The third-order valence-corrected chi connectivity index (χ3v) is 0.782. The number of aliphatic hydroxyl groups is 2. The minimum atomic E-state index is -1.06. The van der Waals surface area contributed by atoms with E-state index >= 15 is 0 Å². The average Bonchev–Trinajstić information content (AvgIpc) is 1.67. The highest BCUT2D eigenvalue weighted by Crippen LogP contribution is 1.92. The zero-order valence-corrected chi connectivity index (χ0v) is 4.45. The van der Waals surface area contributed by atoms with Crippen LogP contribution in [0.25, 0.3) is 0 Å². The van der Waals surface area contributed by atoms with Crippen LogP contribution in [-0.2, 0) is 4.79 Å². The number of carbonyl (C=O) groups is 1. The molecule has 0 aromatic rings. The Bertz CT molecular complexity index is 70.1. The molecule has 0 saturated carbocycles. The molecule has 0 saturated heterocycles. The summed E-state index contributed by atoms with van der Waals surface area (Å²) in [4.78, 5) is 9.62. The maximum Gasteiger partial charge on any atom is 0.122 e. The number of aldehydes is 1. The summed E-state index contributed by atoms with van der Waals surface area (Å²) in [5.74, 6) is 0. The molecule has 47 valence electrons. The molecule has 0 heterocycles. The van der Waals surface area contributed by atoms with Crippen LogP contribution in [-0.4, -0.2) is 28.7 Å². The normalized spacial score (nSPS) is 17.4. The van der Waals surface area contributed by atoms with E-state index in [1.807, 2.05) is 0 Å². The third-order valence-electron chi connectivity index (χ3n) is 0.782. The van der Waals surface area contributed by atoms with Crippen molar-refractivity contribution in [2.75, 3.05) is 0 Å². The van der Waals surface area contributed by atoms with E-state index in [1.165, 1.54) is 0 Å². The fraction of sp³-hybridized carbons (Fsp3) is 0.600. The molecule has 0 rings (SSSR count). The average molecular weight is 117 g/mol. The van der Waals surface area contributed by atoms with E-state index in [2.05, 4.69) is 6.92 Å². The molecule has 3 nitrogen and oxygen atoms in total. The van der Waals surface area contributed by atoms with Crippen LogP contribution in [0.5, 0.6) is 0 Å². The smallest absolute Gasteiger partial charge is 0.122 e. The second kappa shape index (κ2) is 3.57. The predicted octanol–water partition coefficient (Wildman–Crippen LogP) is -0.869. The van der Waals surface area contributed by atoms with Gasteiger partial charge in [-0.15, -0.1) is 0 Å². The highest BCUT2D eigenvalue weighted by molar-refractivity contribution is 5.50. The molecule has 0 bridgehead atoms. The van der Waals surface area contributed by atoms with E-state index in [1.54, 1.807) is 0 Å². The molecule has 2 atom stereocenters. The van der Waals surface area contributed by atoms with Gasteiger partial charge in [-0.1, -0.05) is 0 Å². The summed E-state index contributed by atoms with van der Waals surface area (Å²) < 4.78 is 0. The molecule has 0 aliphatic carbocycles. The Morgan fingerprint density at radius 3 is 2.25 bits per heavy atom. The van der Waals surface area contributed by atoms with Crippen molar-refractivity contribution < 1.29 is 15.0 Å². The van der Waals surface area contributed by atoms with Gasteiger partial charge in [0.05, 0.1) is 12.2 Å². The highest BCUT2D eigenvalue weighted by atomic mass is 16.3. The lowest BCUT2D eigenvalue weighted by molar-refractivity contribution is -0.110. The van der Waals surface area contributed by atoms with E-state index in [0.717, 1.165) is 0 Å². The van der Waals surface area contributed by atoms with Crippen LogP contribution in [0.15, 0.2) is 0 Å². The van der Waals surface area contributed by atoms with Crippen LogP contribution in [0.1, 0.15) is 6.42 Å². The Morgan fingerprint density at radius 2 is 2.12 bits per heavy atom. The van der Waals surface area contributed by atoms with E-state index in [4.69, 9.17) is 10.2 Å². The summed E-state index contributed by atoms with van der Waals surface area (Å²) in [6.45, 7) is 3.10. The summed E-state index contributed by atoms with van der Waals surface area (Å²) >= 11 is 0. The Hall–Kier alpha value is -0.410. The molecule has 0 aromatic carbocycles. The Kier molecular flexibility index (Phi) is 3.39. The standard InChI is InChI=1S/C5H9O3/c1-4(7)5(8)2-3-6/h3-5,7-8H,1-2H2. The van der Waals surface area contributed by atoms with Crippen LogP contribution >= 0.6 is 0 Å². The summed E-state index contributed by atoms with van der Waals surface area (Å²) in [7, 11) is 0. The molecule has 0 aromatic heterocycles. The fourth-order valence-corrected chi connectivity index (χ4v) is 0.256. The van der Waals surface area contributed by atoms with Crippen molar-refractivity contribution in [3.05, 3.63) is 6.92 Å². The van der Waals surface area contributed by atoms with Crippen molar-refractivity contribution >= 4 is 6.29 Å². The van der Waals surface area contributed by atoms with Gasteiger partial charge in [-0.3, -0.25) is 0 Å². The van der Waals surface area contributed by atoms with Gasteiger partial charge in [0.15, 0.2) is 0 Å². The quantitative estimate of drug-likeness (QED) is 0.472. The fourth-order valence-electron chi connectivity index (χ4n) is 0.256. The highest BCUT2D eigenvalue weighted by Gasteiger charge is 2.08. The summed E-state index contributed by atoms with van der Waals surface area (Å²) in [6.07, 6.45) is -1.57. The second-order valence-electron chi connectivity index (χ2n) is 1.54. The number of rotatable bonds is 3. The van der Waals surface area contributed by atoms with Crippen molar-refractivity contribution in [2.45, 2.75) is 18.6 Å². The predicted molar refractivity (Wildman–Crippen MR) is 28.1 cm³/mol. The topological polar surface area (TPSA) is 57.5 Å². The minimum Gasteiger partial charge on any atom is -0.390 e. The first-order valence-corrected chi connectivity index (χ1v) is 2.31. The van der Waals surface area contributed by atoms with Crippen molar-refractivity contribution in [3.63, 3.8) is 0 Å². The van der Waals surface area contributed by atoms with Gasteiger partial charge in [0.25, 0.3) is 0 Å². The first kappa shape index (κ1) is 7.59.